The Morgan fingerprint density at radius 1 is 1.23 bits per heavy atom. The quantitative estimate of drug-likeness (QED) is 0.157. The minimum Gasteiger partial charge on any atom is -0.402 e. The number of anilines is 1. The monoisotopic (exact) mass is 504 g/mol. The standard InChI is InChI=1S/C18H26N3OP.C5H9N.3C2H6/c1-13-4-5-16-10-15(6-7-18(16)21(13)14(2)22)17(11-19)12-23-9-8-20-3;1-3-4-5(2)6;3*1-2/h6-7,10-13,19-20,23H,4-5,8-9H2,1-3H3;3-4H,1,6H2,2H3;3*1-2H3/b17-12+,19-11?;5-4+;;;/t13-;;;;/m0..../s1. The zero-order valence-corrected chi connectivity index (χ0v) is 25.1. The zero-order chi connectivity index (χ0) is 27.8. The molecule has 1 heterocycles. The number of carbonyl (C=O) groups excluding carboxylic acids is 1. The molecule has 1 aromatic rings. The van der Waals surface area contributed by atoms with E-state index < -0.39 is 0 Å². The fourth-order valence-corrected chi connectivity index (χ4v) is 4.19. The Morgan fingerprint density at radius 3 is 2.26 bits per heavy atom. The van der Waals surface area contributed by atoms with Gasteiger partial charge < -0.3 is 21.4 Å². The summed E-state index contributed by atoms with van der Waals surface area (Å²) in [5, 5.41) is 10.8. The highest BCUT2D eigenvalue weighted by Crippen LogP contribution is 2.33. The molecule has 1 amide bonds. The van der Waals surface area contributed by atoms with Gasteiger partial charge in [-0.05, 0) is 81.4 Å². The third-order valence-corrected chi connectivity index (χ3v) is 5.65. The van der Waals surface area contributed by atoms with Crippen molar-refractivity contribution in [3.05, 3.63) is 59.6 Å². The normalized spacial score (nSPS) is 14.5. The number of nitrogens with zero attached hydrogens (tertiary/aromatic N) is 1. The van der Waals surface area contributed by atoms with Gasteiger partial charge >= 0.3 is 0 Å². The van der Waals surface area contributed by atoms with E-state index in [2.05, 4.69) is 30.7 Å². The van der Waals surface area contributed by atoms with E-state index in [0.29, 0.717) is 8.58 Å². The lowest BCUT2D eigenvalue weighted by Gasteiger charge is -2.34. The predicted octanol–water partition coefficient (Wildman–Crippen LogP) is 7.38. The lowest BCUT2D eigenvalue weighted by atomic mass is 9.93. The molecule has 0 aliphatic carbocycles. The summed E-state index contributed by atoms with van der Waals surface area (Å²) in [6, 6.07) is 6.48. The molecular formula is C29H53N4OP. The summed E-state index contributed by atoms with van der Waals surface area (Å²) in [5.74, 6) is 2.25. The third kappa shape index (κ3) is 15.4. The van der Waals surface area contributed by atoms with Crippen molar-refractivity contribution >= 4 is 32.0 Å². The van der Waals surface area contributed by atoms with Crippen LogP contribution in [0.5, 0.6) is 0 Å². The Balaban J connectivity index is -0.000000724. The van der Waals surface area contributed by atoms with E-state index in [-0.39, 0.29) is 11.9 Å². The number of amides is 1. The molecule has 0 saturated heterocycles. The highest BCUT2D eigenvalue weighted by molar-refractivity contribution is 7.42. The van der Waals surface area contributed by atoms with Crippen molar-refractivity contribution in [1.82, 2.24) is 5.32 Å². The van der Waals surface area contributed by atoms with Gasteiger partial charge in [0, 0.05) is 30.6 Å². The number of allylic oxidation sites excluding steroid dienone is 4. The number of hydrogen-bond donors (Lipinski definition) is 3. The first kappa shape index (κ1) is 37.3. The molecule has 0 radical (unpaired) electrons. The minimum absolute atomic E-state index is 0.0996. The van der Waals surface area contributed by atoms with Crippen LogP contribution in [-0.4, -0.2) is 37.9 Å². The number of aryl methyl sites for hydroxylation is 1. The van der Waals surface area contributed by atoms with Gasteiger partial charge in [0.15, 0.2) is 0 Å². The second kappa shape index (κ2) is 24.9. The van der Waals surface area contributed by atoms with Crippen LogP contribution in [0, 0.1) is 5.41 Å². The van der Waals surface area contributed by atoms with Crippen LogP contribution < -0.4 is 16.0 Å². The molecule has 0 spiro atoms. The van der Waals surface area contributed by atoms with Crippen LogP contribution in [0.4, 0.5) is 5.69 Å². The van der Waals surface area contributed by atoms with Gasteiger partial charge in [-0.2, -0.15) is 0 Å². The van der Waals surface area contributed by atoms with Crippen LogP contribution in [-0.2, 0) is 11.2 Å². The van der Waals surface area contributed by atoms with Crippen molar-refractivity contribution in [3.8, 4) is 0 Å². The maximum absolute atomic E-state index is 11.9. The number of rotatable bonds is 7. The molecule has 1 aromatic carbocycles. The molecule has 4 N–H and O–H groups in total. The largest absolute Gasteiger partial charge is 0.402 e. The lowest BCUT2D eigenvalue weighted by molar-refractivity contribution is -0.117. The van der Waals surface area contributed by atoms with Gasteiger partial charge in [0.25, 0.3) is 0 Å². The average molecular weight is 505 g/mol. The molecule has 1 aliphatic rings. The van der Waals surface area contributed by atoms with Gasteiger partial charge in [0.2, 0.25) is 5.91 Å². The second-order valence-electron chi connectivity index (χ2n) is 7.07. The molecule has 0 fully saturated rings. The Bertz CT molecular complexity index is 768. The summed E-state index contributed by atoms with van der Waals surface area (Å²) < 4.78 is 0. The van der Waals surface area contributed by atoms with E-state index in [1.165, 1.54) is 11.8 Å². The summed E-state index contributed by atoms with van der Waals surface area (Å²) in [4.78, 5) is 13.8. The summed E-state index contributed by atoms with van der Waals surface area (Å²) in [6.45, 7) is 22.0. The van der Waals surface area contributed by atoms with Crippen molar-refractivity contribution in [2.24, 2.45) is 5.73 Å². The minimum atomic E-state index is 0.0996. The molecule has 35 heavy (non-hydrogen) atoms. The summed E-state index contributed by atoms with van der Waals surface area (Å²) in [6.07, 6.45) is 7.91. The number of fused-ring (bicyclic) bond motifs is 1. The summed E-state index contributed by atoms with van der Waals surface area (Å²) in [7, 11) is 2.66. The first-order valence-electron chi connectivity index (χ1n) is 12.9. The van der Waals surface area contributed by atoms with Crippen molar-refractivity contribution in [2.45, 2.75) is 81.2 Å². The van der Waals surface area contributed by atoms with Crippen molar-refractivity contribution in [3.63, 3.8) is 0 Å². The highest BCUT2D eigenvalue weighted by atomic mass is 31.1. The molecule has 2 rings (SSSR count). The van der Waals surface area contributed by atoms with E-state index in [1.54, 1.807) is 19.1 Å². The molecule has 200 valence electrons. The number of nitrogens with one attached hydrogen (secondary N) is 2. The van der Waals surface area contributed by atoms with Gasteiger partial charge in [0.1, 0.15) is 0 Å². The van der Waals surface area contributed by atoms with E-state index >= 15 is 0 Å². The highest BCUT2D eigenvalue weighted by Gasteiger charge is 2.26. The number of benzene rings is 1. The Labute approximate surface area is 218 Å². The van der Waals surface area contributed by atoms with E-state index in [0.717, 1.165) is 48.1 Å². The maximum Gasteiger partial charge on any atom is 0.224 e. The van der Waals surface area contributed by atoms with Crippen molar-refractivity contribution < 1.29 is 4.79 Å². The summed E-state index contributed by atoms with van der Waals surface area (Å²) >= 11 is 0. The topological polar surface area (TPSA) is 82.2 Å². The molecule has 2 atom stereocenters. The first-order valence-corrected chi connectivity index (χ1v) is 14.2. The zero-order valence-electron chi connectivity index (χ0n) is 24.1. The van der Waals surface area contributed by atoms with Crippen LogP contribution in [0.15, 0.2) is 48.4 Å². The molecule has 0 bridgehead atoms. The van der Waals surface area contributed by atoms with Gasteiger partial charge in [-0.3, -0.25) is 4.79 Å². The molecular weight excluding hydrogens is 451 g/mol. The molecule has 0 aromatic heterocycles. The van der Waals surface area contributed by atoms with Gasteiger partial charge in [-0.1, -0.05) is 74.7 Å². The van der Waals surface area contributed by atoms with E-state index in [4.69, 9.17) is 11.1 Å². The van der Waals surface area contributed by atoms with Crippen LogP contribution in [0.3, 0.4) is 0 Å². The van der Waals surface area contributed by atoms with Crippen molar-refractivity contribution in [1.29, 1.82) is 5.41 Å². The number of nitrogens with two attached hydrogens (primary N) is 1. The molecule has 6 heteroatoms. The smallest absolute Gasteiger partial charge is 0.224 e. The Hall–Kier alpha value is -2.23. The average Bonchev–Trinajstić information content (AvgIpc) is 2.87. The van der Waals surface area contributed by atoms with Gasteiger partial charge in [0.05, 0.1) is 0 Å². The summed E-state index contributed by atoms with van der Waals surface area (Å²) in [5.41, 5.74) is 10.3. The molecule has 1 aliphatic heterocycles. The maximum atomic E-state index is 11.9. The number of hydrogen-bond acceptors (Lipinski definition) is 4. The first-order chi connectivity index (χ1) is 16.8. The molecule has 0 saturated carbocycles. The van der Waals surface area contributed by atoms with Crippen LogP contribution in [0.1, 0.15) is 79.9 Å². The predicted molar refractivity (Wildman–Crippen MR) is 163 cm³/mol. The van der Waals surface area contributed by atoms with Gasteiger partial charge in [-0.25, -0.2) is 0 Å². The Kier molecular flexibility index (Phi) is 26.5. The fourth-order valence-electron chi connectivity index (χ4n) is 3.18. The lowest BCUT2D eigenvalue weighted by Crippen LogP contribution is -2.40. The van der Waals surface area contributed by atoms with Gasteiger partial charge in [-0.15, -0.1) is 0 Å². The van der Waals surface area contributed by atoms with E-state index in [9.17, 15) is 4.79 Å². The number of carbonyl (C=O) groups is 1. The van der Waals surface area contributed by atoms with Crippen LogP contribution in [0.2, 0.25) is 0 Å². The fraction of sp³-hybridized carbons (Fsp3) is 0.517. The second-order valence-corrected chi connectivity index (χ2v) is 8.27. The Morgan fingerprint density at radius 2 is 1.83 bits per heavy atom. The van der Waals surface area contributed by atoms with Crippen LogP contribution in [0.25, 0.3) is 5.57 Å². The SMILES string of the molecule is C=C/C=C(\C)N.CC.CC.CC.CNCCP/C=C(\C=N)c1ccc2c(c1)CC[C@H](C)N2C(C)=O. The molecule has 1 unspecified atom stereocenters. The molecule has 5 nitrogen and oxygen atoms in total. The van der Waals surface area contributed by atoms with Crippen LogP contribution >= 0.6 is 8.58 Å². The third-order valence-electron chi connectivity index (χ3n) is 4.60. The van der Waals surface area contributed by atoms with Crippen molar-refractivity contribution in [2.75, 3.05) is 24.7 Å². The van der Waals surface area contributed by atoms with E-state index in [1.807, 2.05) is 72.5 Å².